The van der Waals surface area contributed by atoms with E-state index in [0.717, 1.165) is 18.3 Å². The molecule has 0 aliphatic rings. The molecular weight excluding hydrogens is 228 g/mol. The lowest BCUT2D eigenvalue weighted by Crippen LogP contribution is -2.06. The number of nitrogens with zero attached hydrogens (tertiary/aromatic N) is 2. The van der Waals surface area contributed by atoms with Crippen molar-refractivity contribution in [3.05, 3.63) is 22.5 Å². The van der Waals surface area contributed by atoms with Crippen LogP contribution in [0.15, 0.2) is 6.08 Å². The highest BCUT2D eigenvalue weighted by atomic mass is 35.5. The maximum atomic E-state index is 10.4. The second kappa shape index (κ2) is 5.16. The average Bonchev–Trinajstić information content (AvgIpc) is 2.39. The summed E-state index contributed by atoms with van der Waals surface area (Å²) in [6, 6.07) is 0. The van der Waals surface area contributed by atoms with Gasteiger partial charge in [0.25, 0.3) is 0 Å². The third kappa shape index (κ3) is 3.10. The SMILES string of the molecule is Cc1nn(CC(C)C)c(Cl)c1C=CC(=O)O. The van der Waals surface area contributed by atoms with Gasteiger partial charge in [-0.25, -0.2) is 4.79 Å². The number of hydrogen-bond acceptors (Lipinski definition) is 2. The molecule has 1 aromatic rings. The van der Waals surface area contributed by atoms with E-state index in [9.17, 15) is 4.79 Å². The van der Waals surface area contributed by atoms with Crippen molar-refractivity contribution in [2.45, 2.75) is 27.3 Å². The largest absolute Gasteiger partial charge is 0.478 e. The lowest BCUT2D eigenvalue weighted by Gasteiger charge is -2.05. The predicted molar refractivity (Wildman–Crippen MR) is 63.5 cm³/mol. The summed E-state index contributed by atoms with van der Waals surface area (Å²) in [6.45, 7) is 6.67. The Hall–Kier alpha value is -1.29. The van der Waals surface area contributed by atoms with E-state index < -0.39 is 5.97 Å². The van der Waals surface area contributed by atoms with E-state index in [1.165, 1.54) is 6.08 Å². The maximum absolute atomic E-state index is 10.4. The van der Waals surface area contributed by atoms with Crippen LogP contribution in [-0.2, 0) is 11.3 Å². The van der Waals surface area contributed by atoms with Crippen molar-refractivity contribution in [3.63, 3.8) is 0 Å². The molecule has 0 amide bonds. The molecular formula is C11H15ClN2O2. The Balaban J connectivity index is 3.02. The van der Waals surface area contributed by atoms with Crippen LogP contribution in [0, 0.1) is 12.8 Å². The monoisotopic (exact) mass is 242 g/mol. The highest BCUT2D eigenvalue weighted by molar-refractivity contribution is 6.31. The summed E-state index contributed by atoms with van der Waals surface area (Å²) < 4.78 is 1.70. The van der Waals surface area contributed by atoms with Gasteiger partial charge in [0, 0.05) is 18.2 Å². The number of carboxylic acid groups (broad SMARTS) is 1. The summed E-state index contributed by atoms with van der Waals surface area (Å²) in [5.74, 6) is -0.555. The number of halogens is 1. The Morgan fingerprint density at radius 2 is 2.25 bits per heavy atom. The third-order valence-electron chi connectivity index (χ3n) is 2.04. The van der Waals surface area contributed by atoms with Gasteiger partial charge in [-0.1, -0.05) is 25.4 Å². The van der Waals surface area contributed by atoms with Gasteiger partial charge < -0.3 is 5.11 Å². The van der Waals surface area contributed by atoms with Crippen LogP contribution >= 0.6 is 11.6 Å². The van der Waals surface area contributed by atoms with Gasteiger partial charge in [-0.3, -0.25) is 4.68 Å². The highest BCUT2D eigenvalue weighted by Gasteiger charge is 2.11. The Morgan fingerprint density at radius 1 is 1.62 bits per heavy atom. The summed E-state index contributed by atoms with van der Waals surface area (Å²) in [5.41, 5.74) is 1.41. The molecule has 1 heterocycles. The molecule has 0 aliphatic heterocycles. The molecule has 4 nitrogen and oxygen atoms in total. The fourth-order valence-electron chi connectivity index (χ4n) is 1.38. The topological polar surface area (TPSA) is 55.1 Å². The minimum Gasteiger partial charge on any atom is -0.478 e. The third-order valence-corrected chi connectivity index (χ3v) is 2.44. The molecule has 0 bridgehead atoms. The lowest BCUT2D eigenvalue weighted by molar-refractivity contribution is -0.131. The van der Waals surface area contributed by atoms with Crippen LogP contribution in [0.5, 0.6) is 0 Å². The Kier molecular flexibility index (Phi) is 4.12. The van der Waals surface area contributed by atoms with Gasteiger partial charge in [0.15, 0.2) is 0 Å². The molecule has 16 heavy (non-hydrogen) atoms. The highest BCUT2D eigenvalue weighted by Crippen LogP contribution is 2.22. The minimum atomic E-state index is -0.993. The normalized spacial score (nSPS) is 11.6. The zero-order valence-corrected chi connectivity index (χ0v) is 10.3. The smallest absolute Gasteiger partial charge is 0.328 e. The van der Waals surface area contributed by atoms with Gasteiger partial charge in [0.2, 0.25) is 0 Å². The summed E-state index contributed by atoms with van der Waals surface area (Å²) in [4.78, 5) is 10.4. The van der Waals surface area contributed by atoms with Gasteiger partial charge >= 0.3 is 5.97 Å². The maximum Gasteiger partial charge on any atom is 0.328 e. The fraction of sp³-hybridized carbons (Fsp3) is 0.455. The number of rotatable bonds is 4. The standard InChI is InChI=1S/C11H15ClN2O2/c1-7(2)6-14-11(12)9(8(3)13-14)4-5-10(15)16/h4-5,7H,6H2,1-3H3,(H,15,16). The average molecular weight is 243 g/mol. The fourth-order valence-corrected chi connectivity index (χ4v) is 1.68. The zero-order chi connectivity index (χ0) is 12.3. The van der Waals surface area contributed by atoms with Crippen molar-refractivity contribution in [1.82, 2.24) is 9.78 Å². The van der Waals surface area contributed by atoms with E-state index in [4.69, 9.17) is 16.7 Å². The molecule has 0 spiro atoms. The molecule has 1 rings (SSSR count). The Labute approximate surface area is 99.5 Å². The zero-order valence-electron chi connectivity index (χ0n) is 9.57. The second-order valence-electron chi connectivity index (χ2n) is 4.04. The molecule has 0 fully saturated rings. The molecule has 0 aliphatic carbocycles. The molecule has 1 N–H and O–H groups in total. The Bertz CT molecular complexity index is 422. The Morgan fingerprint density at radius 3 is 2.75 bits per heavy atom. The van der Waals surface area contributed by atoms with E-state index in [1.54, 1.807) is 4.68 Å². The van der Waals surface area contributed by atoms with Crippen LogP contribution in [0.3, 0.4) is 0 Å². The molecule has 5 heteroatoms. The molecule has 0 radical (unpaired) electrons. The van der Waals surface area contributed by atoms with Crippen LogP contribution < -0.4 is 0 Å². The molecule has 0 unspecified atom stereocenters. The molecule has 1 aromatic heterocycles. The van der Waals surface area contributed by atoms with Crippen LogP contribution in [0.1, 0.15) is 25.1 Å². The first-order valence-corrected chi connectivity index (χ1v) is 5.43. The van der Waals surface area contributed by atoms with Crippen LogP contribution in [0.4, 0.5) is 0 Å². The predicted octanol–water partition coefficient (Wildman–Crippen LogP) is 2.60. The first kappa shape index (κ1) is 12.8. The van der Waals surface area contributed by atoms with E-state index in [0.29, 0.717) is 16.6 Å². The van der Waals surface area contributed by atoms with E-state index in [-0.39, 0.29) is 0 Å². The van der Waals surface area contributed by atoms with Crippen LogP contribution in [0.25, 0.3) is 6.08 Å². The summed E-state index contributed by atoms with van der Waals surface area (Å²) in [6.07, 6.45) is 2.54. The second-order valence-corrected chi connectivity index (χ2v) is 4.40. The van der Waals surface area contributed by atoms with E-state index in [1.807, 2.05) is 6.92 Å². The van der Waals surface area contributed by atoms with Crippen molar-refractivity contribution < 1.29 is 9.90 Å². The van der Waals surface area contributed by atoms with Crippen molar-refractivity contribution in [2.24, 2.45) is 5.92 Å². The van der Waals surface area contributed by atoms with Crippen LogP contribution in [0.2, 0.25) is 5.15 Å². The van der Waals surface area contributed by atoms with Gasteiger partial charge in [0.05, 0.1) is 5.69 Å². The van der Waals surface area contributed by atoms with Gasteiger partial charge in [-0.2, -0.15) is 5.10 Å². The number of carbonyl (C=O) groups is 1. The van der Waals surface area contributed by atoms with Crippen LogP contribution in [-0.4, -0.2) is 20.9 Å². The van der Waals surface area contributed by atoms with Crippen molar-refractivity contribution in [1.29, 1.82) is 0 Å². The molecule has 0 saturated carbocycles. The molecule has 88 valence electrons. The van der Waals surface area contributed by atoms with Gasteiger partial charge in [-0.15, -0.1) is 0 Å². The molecule has 0 atom stereocenters. The van der Waals surface area contributed by atoms with E-state index >= 15 is 0 Å². The number of aromatic nitrogens is 2. The number of aliphatic carboxylic acids is 1. The summed E-state index contributed by atoms with van der Waals surface area (Å²) in [5, 5.41) is 13.3. The summed E-state index contributed by atoms with van der Waals surface area (Å²) >= 11 is 6.11. The van der Waals surface area contributed by atoms with E-state index in [2.05, 4.69) is 18.9 Å². The van der Waals surface area contributed by atoms with Gasteiger partial charge in [-0.05, 0) is 18.9 Å². The van der Waals surface area contributed by atoms with Crippen molar-refractivity contribution in [2.75, 3.05) is 0 Å². The first-order chi connectivity index (χ1) is 7.41. The number of carboxylic acids is 1. The van der Waals surface area contributed by atoms with Gasteiger partial charge in [0.1, 0.15) is 5.15 Å². The molecule has 0 saturated heterocycles. The number of hydrogen-bond donors (Lipinski definition) is 1. The quantitative estimate of drug-likeness (QED) is 0.826. The number of aryl methyl sites for hydroxylation is 1. The van der Waals surface area contributed by atoms with Crippen molar-refractivity contribution >= 4 is 23.6 Å². The lowest BCUT2D eigenvalue weighted by atomic mass is 10.2. The molecule has 0 aromatic carbocycles. The van der Waals surface area contributed by atoms with Crippen molar-refractivity contribution in [3.8, 4) is 0 Å². The minimum absolute atomic E-state index is 0.438. The first-order valence-electron chi connectivity index (χ1n) is 5.05. The summed E-state index contributed by atoms with van der Waals surface area (Å²) in [7, 11) is 0.